The van der Waals surface area contributed by atoms with E-state index < -0.39 is 0 Å². The fourth-order valence-corrected chi connectivity index (χ4v) is 8.41. The number of imidazole rings is 1. The van der Waals surface area contributed by atoms with E-state index >= 15 is 0 Å². The quantitative estimate of drug-likeness (QED) is 0.205. The molecule has 52 heavy (non-hydrogen) atoms. The van der Waals surface area contributed by atoms with Gasteiger partial charge in [-0.3, -0.25) is 4.57 Å². The van der Waals surface area contributed by atoms with Crippen molar-refractivity contribution >= 4 is 99.1 Å². The number of hydrogen-bond acceptors (Lipinski definition) is 1. The van der Waals surface area contributed by atoms with Crippen molar-refractivity contribution in [3.63, 3.8) is 0 Å². The molecule has 1 aromatic heterocycles. The Bertz CT molecular complexity index is 2760. The second-order valence-electron chi connectivity index (χ2n) is 14.1. The van der Waals surface area contributed by atoms with Crippen LogP contribution in [0, 0.1) is 0 Å². The maximum absolute atomic E-state index is 5.29. The molecule has 0 bridgehead atoms. The Morgan fingerprint density at radius 2 is 0.808 bits per heavy atom. The summed E-state index contributed by atoms with van der Waals surface area (Å²) >= 11 is 0. The Labute approximate surface area is 309 Å². The number of fused-ring (bicyclic) bond motifs is 3. The van der Waals surface area contributed by atoms with Gasteiger partial charge < -0.3 is 0 Å². The second kappa shape index (κ2) is 12.7. The van der Waals surface area contributed by atoms with E-state index in [0.29, 0.717) is 0 Å². The van der Waals surface area contributed by atoms with Gasteiger partial charge in [0.05, 0.1) is 11.0 Å². The summed E-state index contributed by atoms with van der Waals surface area (Å²) in [5.41, 5.74) is 18.7. The zero-order valence-corrected chi connectivity index (χ0v) is 30.3. The zero-order chi connectivity index (χ0) is 35.5. The van der Waals surface area contributed by atoms with E-state index in [1.165, 1.54) is 82.2 Å². The van der Waals surface area contributed by atoms with Gasteiger partial charge in [0.2, 0.25) is 0 Å². The summed E-state index contributed by atoms with van der Waals surface area (Å²) in [7, 11) is 11.3. The highest BCUT2D eigenvalue weighted by atomic mass is 15.1. The summed E-state index contributed by atoms with van der Waals surface area (Å²) < 4.78 is 2.30. The second-order valence-corrected chi connectivity index (χ2v) is 14.1. The standard InChI is InChI=1S/C45H35B5N2/c46-40-38(41(47)43(49)44(50)42(40)48)27-24-22-26(23-25-27)37-29-14-4-6-16-31(29)39(32-17-7-5-15-30(32)37)33-18-8-9-19-34(33)45-51-35-20-10-11-21-36(35)52(45)28-12-2-1-3-13-28/h1-25H,46-50H2. The molecule has 0 fully saturated rings. The van der Waals surface area contributed by atoms with E-state index in [2.05, 4.69) is 195 Å². The van der Waals surface area contributed by atoms with E-state index in [9.17, 15) is 0 Å². The fraction of sp³-hybridized carbons (Fsp3) is 0. The summed E-state index contributed by atoms with van der Waals surface area (Å²) in [6.07, 6.45) is 0. The number of para-hydroxylation sites is 3. The van der Waals surface area contributed by atoms with Crippen LogP contribution in [-0.2, 0) is 0 Å². The molecule has 0 atom stereocenters. The lowest BCUT2D eigenvalue weighted by atomic mass is 9.59. The van der Waals surface area contributed by atoms with Crippen LogP contribution in [0.25, 0.3) is 83.0 Å². The summed E-state index contributed by atoms with van der Waals surface area (Å²) in [6.45, 7) is 0. The molecule has 0 aliphatic carbocycles. The molecule has 240 valence electrons. The van der Waals surface area contributed by atoms with Crippen LogP contribution in [-0.4, -0.2) is 48.8 Å². The molecule has 0 amide bonds. The van der Waals surface area contributed by atoms with Gasteiger partial charge in [-0.15, -0.1) is 16.4 Å². The maximum Gasteiger partial charge on any atom is 0.146 e. The average Bonchev–Trinajstić information content (AvgIpc) is 3.59. The highest BCUT2D eigenvalue weighted by molar-refractivity contribution is 6.68. The van der Waals surface area contributed by atoms with Crippen molar-refractivity contribution < 1.29 is 0 Å². The molecule has 0 saturated heterocycles. The van der Waals surface area contributed by atoms with Gasteiger partial charge in [0.1, 0.15) is 45.1 Å². The minimum Gasteiger partial charge on any atom is -0.292 e. The summed E-state index contributed by atoms with van der Waals surface area (Å²) in [5.74, 6) is 0.933. The molecule has 0 aliphatic heterocycles. The minimum atomic E-state index is 0.933. The molecular weight excluding hydrogens is 623 g/mol. The van der Waals surface area contributed by atoms with Crippen LogP contribution in [0.3, 0.4) is 0 Å². The van der Waals surface area contributed by atoms with Crippen molar-refractivity contribution in [3.8, 4) is 50.5 Å². The first-order valence-electron chi connectivity index (χ1n) is 18.2. The minimum absolute atomic E-state index is 0.933. The van der Waals surface area contributed by atoms with Gasteiger partial charge in [-0.2, -0.15) is 0 Å². The highest BCUT2D eigenvalue weighted by Gasteiger charge is 2.22. The topological polar surface area (TPSA) is 17.8 Å². The van der Waals surface area contributed by atoms with E-state index in [1.807, 2.05) is 0 Å². The monoisotopic (exact) mass is 658 g/mol. The van der Waals surface area contributed by atoms with Crippen LogP contribution in [0.4, 0.5) is 0 Å². The predicted octanol–water partition coefficient (Wildman–Crippen LogP) is 3.29. The molecule has 9 aromatic rings. The van der Waals surface area contributed by atoms with Gasteiger partial charge >= 0.3 is 0 Å². The Kier molecular flexibility index (Phi) is 7.81. The molecule has 0 saturated carbocycles. The van der Waals surface area contributed by atoms with Crippen LogP contribution < -0.4 is 27.3 Å². The lowest BCUT2D eigenvalue weighted by Gasteiger charge is -2.21. The van der Waals surface area contributed by atoms with Gasteiger partial charge in [-0.05, 0) is 79.2 Å². The molecular formula is C45H35B5N2. The van der Waals surface area contributed by atoms with Crippen LogP contribution in [0.15, 0.2) is 152 Å². The van der Waals surface area contributed by atoms with E-state index in [-0.39, 0.29) is 0 Å². The molecule has 2 nitrogen and oxygen atoms in total. The third kappa shape index (κ3) is 4.99. The number of benzene rings is 8. The van der Waals surface area contributed by atoms with E-state index in [0.717, 1.165) is 28.1 Å². The molecule has 0 spiro atoms. The number of hydrogen-bond donors (Lipinski definition) is 0. The third-order valence-corrected chi connectivity index (χ3v) is 11.4. The third-order valence-electron chi connectivity index (χ3n) is 11.4. The lowest BCUT2D eigenvalue weighted by Crippen LogP contribution is -2.55. The molecule has 0 aliphatic rings. The van der Waals surface area contributed by atoms with Crippen molar-refractivity contribution in [1.29, 1.82) is 0 Å². The average molecular weight is 658 g/mol. The fourth-order valence-electron chi connectivity index (χ4n) is 8.41. The summed E-state index contributed by atoms with van der Waals surface area (Å²) in [6, 6.07) is 54.9. The molecule has 7 heteroatoms. The molecule has 9 rings (SSSR count). The Hall–Kier alpha value is -5.93. The number of nitrogens with zero attached hydrogens (tertiary/aromatic N) is 2. The summed E-state index contributed by atoms with van der Waals surface area (Å²) in [4.78, 5) is 5.29. The van der Waals surface area contributed by atoms with Crippen molar-refractivity contribution in [2.45, 2.75) is 0 Å². The largest absolute Gasteiger partial charge is 0.292 e. The normalized spacial score (nSPS) is 11.5. The Morgan fingerprint density at radius 1 is 0.365 bits per heavy atom. The Balaban J connectivity index is 1.29. The van der Waals surface area contributed by atoms with Crippen LogP contribution >= 0.6 is 0 Å². The van der Waals surface area contributed by atoms with Crippen LogP contribution in [0.1, 0.15) is 0 Å². The van der Waals surface area contributed by atoms with Crippen molar-refractivity contribution in [2.75, 3.05) is 0 Å². The maximum atomic E-state index is 5.29. The van der Waals surface area contributed by atoms with Gasteiger partial charge in [0, 0.05) is 11.3 Å². The van der Waals surface area contributed by atoms with Gasteiger partial charge in [0.15, 0.2) is 0 Å². The highest BCUT2D eigenvalue weighted by Crippen LogP contribution is 2.46. The van der Waals surface area contributed by atoms with Crippen LogP contribution in [0.2, 0.25) is 0 Å². The van der Waals surface area contributed by atoms with Crippen molar-refractivity contribution in [1.82, 2.24) is 9.55 Å². The van der Waals surface area contributed by atoms with Crippen molar-refractivity contribution in [2.24, 2.45) is 0 Å². The SMILES string of the molecule is Bc1c(B)c(B)c(-c2ccc(-c3c4ccccc4c(-c4ccccc4-c4nc5ccccc5n4-c4ccccc4)c4ccccc34)cc2)c(B)c1B. The molecule has 0 N–H and O–H groups in total. The van der Waals surface area contributed by atoms with Gasteiger partial charge in [-0.25, -0.2) is 4.98 Å². The smallest absolute Gasteiger partial charge is 0.146 e. The van der Waals surface area contributed by atoms with Crippen molar-refractivity contribution in [3.05, 3.63) is 152 Å². The zero-order valence-electron chi connectivity index (χ0n) is 30.3. The van der Waals surface area contributed by atoms with Gasteiger partial charge in [0.25, 0.3) is 0 Å². The Morgan fingerprint density at radius 3 is 1.40 bits per heavy atom. The molecule has 0 radical (unpaired) electrons. The predicted molar refractivity (Wildman–Crippen MR) is 239 cm³/mol. The summed E-state index contributed by atoms with van der Waals surface area (Å²) in [5, 5.41) is 4.94. The first-order chi connectivity index (χ1) is 25.4. The lowest BCUT2D eigenvalue weighted by molar-refractivity contribution is 1.10. The first-order valence-corrected chi connectivity index (χ1v) is 18.2. The van der Waals surface area contributed by atoms with E-state index in [1.54, 1.807) is 0 Å². The molecule has 0 unspecified atom stereocenters. The van der Waals surface area contributed by atoms with Crippen LogP contribution in [0.5, 0.6) is 0 Å². The molecule has 1 heterocycles. The number of rotatable bonds is 5. The number of aromatic nitrogens is 2. The molecule has 8 aromatic carbocycles. The van der Waals surface area contributed by atoms with Gasteiger partial charge in [-0.1, -0.05) is 138 Å². The van der Waals surface area contributed by atoms with E-state index in [4.69, 9.17) is 4.98 Å². The first kappa shape index (κ1) is 32.0.